The predicted octanol–water partition coefficient (Wildman–Crippen LogP) is 3.82. The molecule has 0 saturated carbocycles. The molecule has 1 atom stereocenters. The van der Waals surface area contributed by atoms with Gasteiger partial charge in [0.1, 0.15) is 0 Å². The van der Waals surface area contributed by atoms with Crippen LogP contribution in [0, 0.1) is 6.92 Å². The highest BCUT2D eigenvalue weighted by molar-refractivity contribution is 7.99. The van der Waals surface area contributed by atoms with Gasteiger partial charge in [-0.2, -0.15) is 10.1 Å². The minimum Gasteiger partial charge on any atom is -0.338 e. The lowest BCUT2D eigenvalue weighted by Crippen LogP contribution is -1.94. The third-order valence-corrected chi connectivity index (χ3v) is 4.83. The van der Waals surface area contributed by atoms with Crippen LogP contribution < -0.4 is 0 Å². The van der Waals surface area contributed by atoms with Crippen molar-refractivity contribution in [3.63, 3.8) is 0 Å². The van der Waals surface area contributed by atoms with E-state index in [4.69, 9.17) is 4.52 Å². The van der Waals surface area contributed by atoms with Crippen LogP contribution in [0.3, 0.4) is 0 Å². The van der Waals surface area contributed by atoms with Crippen LogP contribution in [0.25, 0.3) is 11.4 Å². The normalized spacial score (nSPS) is 12.5. The minimum absolute atomic E-state index is 0.178. The summed E-state index contributed by atoms with van der Waals surface area (Å²) in [5.74, 6) is 2.34. The van der Waals surface area contributed by atoms with Gasteiger partial charge in [0.25, 0.3) is 0 Å². The lowest BCUT2D eigenvalue weighted by molar-refractivity contribution is 0.381. The summed E-state index contributed by atoms with van der Waals surface area (Å²) in [4.78, 5) is 4.56. The fourth-order valence-electron chi connectivity index (χ4n) is 2.36. The maximum Gasteiger partial charge on any atom is 0.239 e. The second-order valence-electron chi connectivity index (χ2n) is 5.56. The average Bonchev–Trinajstić information content (AvgIpc) is 3.17. The van der Waals surface area contributed by atoms with Crippen LogP contribution in [0.2, 0.25) is 0 Å². The molecular formula is C17H20N4OS. The van der Waals surface area contributed by atoms with Crippen LogP contribution in [0.4, 0.5) is 0 Å². The Hall–Kier alpha value is -2.08. The van der Waals surface area contributed by atoms with Crippen molar-refractivity contribution < 1.29 is 4.52 Å². The molecule has 5 nitrogen and oxygen atoms in total. The highest BCUT2D eigenvalue weighted by Gasteiger charge is 2.16. The molecule has 120 valence electrons. The van der Waals surface area contributed by atoms with E-state index in [1.807, 2.05) is 54.1 Å². The molecule has 0 aliphatic rings. The van der Waals surface area contributed by atoms with Crippen molar-refractivity contribution in [2.24, 2.45) is 7.05 Å². The predicted molar refractivity (Wildman–Crippen MR) is 92.3 cm³/mol. The summed E-state index contributed by atoms with van der Waals surface area (Å²) in [5, 5.41) is 8.49. The van der Waals surface area contributed by atoms with Crippen LogP contribution >= 0.6 is 11.8 Å². The molecule has 0 aliphatic carbocycles. The van der Waals surface area contributed by atoms with Gasteiger partial charge in [0.05, 0.1) is 11.4 Å². The lowest BCUT2D eigenvalue weighted by atomic mass is 10.1. The molecule has 1 unspecified atom stereocenters. The van der Waals surface area contributed by atoms with Crippen LogP contribution in [0.15, 0.2) is 41.2 Å². The van der Waals surface area contributed by atoms with E-state index in [2.05, 4.69) is 35.2 Å². The minimum atomic E-state index is 0.178. The molecule has 2 aromatic heterocycles. The van der Waals surface area contributed by atoms with Gasteiger partial charge in [-0.15, -0.1) is 11.8 Å². The third-order valence-electron chi connectivity index (χ3n) is 3.69. The Balaban J connectivity index is 1.60. The summed E-state index contributed by atoms with van der Waals surface area (Å²) >= 11 is 1.81. The number of aryl methyl sites for hydroxylation is 3. The molecule has 0 radical (unpaired) electrons. The molecule has 0 spiro atoms. The molecule has 0 saturated heterocycles. The molecule has 0 fully saturated rings. The Morgan fingerprint density at radius 1 is 1.30 bits per heavy atom. The van der Waals surface area contributed by atoms with E-state index in [1.54, 1.807) is 0 Å². The fraction of sp³-hybridized carbons (Fsp3) is 0.353. The molecule has 3 rings (SSSR count). The maximum absolute atomic E-state index is 5.44. The number of thioether (sulfide) groups is 1. The van der Waals surface area contributed by atoms with Crippen LogP contribution in [-0.4, -0.2) is 25.7 Å². The van der Waals surface area contributed by atoms with Crippen molar-refractivity contribution in [2.45, 2.75) is 25.5 Å². The van der Waals surface area contributed by atoms with Crippen LogP contribution in [0.1, 0.15) is 29.2 Å². The quantitative estimate of drug-likeness (QED) is 0.688. The molecule has 23 heavy (non-hydrogen) atoms. The van der Waals surface area contributed by atoms with Crippen molar-refractivity contribution in [3.05, 3.63) is 53.7 Å². The summed E-state index contributed by atoms with van der Waals surface area (Å²) in [5.41, 5.74) is 3.42. The smallest absolute Gasteiger partial charge is 0.239 e. The largest absolute Gasteiger partial charge is 0.338 e. The zero-order chi connectivity index (χ0) is 16.2. The third kappa shape index (κ3) is 3.82. The van der Waals surface area contributed by atoms with Gasteiger partial charge in [0.2, 0.25) is 11.7 Å². The first kappa shape index (κ1) is 15.8. The number of benzene rings is 1. The summed E-state index contributed by atoms with van der Waals surface area (Å²) < 4.78 is 7.27. The molecule has 0 bridgehead atoms. The van der Waals surface area contributed by atoms with E-state index in [1.165, 1.54) is 5.56 Å². The fourth-order valence-corrected chi connectivity index (χ4v) is 3.30. The Kier molecular flexibility index (Phi) is 4.81. The molecular weight excluding hydrogens is 308 g/mol. The average molecular weight is 328 g/mol. The summed E-state index contributed by atoms with van der Waals surface area (Å²) in [6.07, 6.45) is 4.95. The van der Waals surface area contributed by atoms with Gasteiger partial charge in [0.15, 0.2) is 0 Å². The van der Waals surface area contributed by atoms with E-state index in [0.717, 1.165) is 23.3 Å². The van der Waals surface area contributed by atoms with E-state index in [-0.39, 0.29) is 5.25 Å². The second-order valence-corrected chi connectivity index (χ2v) is 7.01. The standard InChI is InChI=1S/C17H20N4OS/c1-12-6-4-5-7-15(12)16-19-17(22-20-16)13(2)23-9-8-14-10-18-21(3)11-14/h4-7,10-11,13H,8-9H2,1-3H3. The molecule has 0 aliphatic heterocycles. The van der Waals surface area contributed by atoms with Gasteiger partial charge in [-0.1, -0.05) is 29.4 Å². The monoisotopic (exact) mass is 328 g/mol. The highest BCUT2D eigenvalue weighted by atomic mass is 32.2. The van der Waals surface area contributed by atoms with E-state index < -0.39 is 0 Å². The van der Waals surface area contributed by atoms with Crippen LogP contribution in [-0.2, 0) is 13.5 Å². The van der Waals surface area contributed by atoms with Crippen molar-refractivity contribution in [1.82, 2.24) is 19.9 Å². The zero-order valence-corrected chi connectivity index (χ0v) is 14.4. The van der Waals surface area contributed by atoms with Gasteiger partial charge >= 0.3 is 0 Å². The van der Waals surface area contributed by atoms with E-state index >= 15 is 0 Å². The highest BCUT2D eigenvalue weighted by Crippen LogP contribution is 2.29. The van der Waals surface area contributed by atoms with E-state index in [0.29, 0.717) is 11.7 Å². The van der Waals surface area contributed by atoms with Gasteiger partial charge in [-0.25, -0.2) is 0 Å². The number of hydrogen-bond acceptors (Lipinski definition) is 5. The topological polar surface area (TPSA) is 56.7 Å². The molecule has 0 amide bonds. The summed E-state index contributed by atoms with van der Waals surface area (Å²) in [6.45, 7) is 4.15. The van der Waals surface area contributed by atoms with Gasteiger partial charge in [0, 0.05) is 18.8 Å². The SMILES string of the molecule is Cc1ccccc1-c1noc(C(C)SCCc2cnn(C)c2)n1. The molecule has 3 aromatic rings. The van der Waals surface area contributed by atoms with Gasteiger partial charge in [-0.3, -0.25) is 4.68 Å². The molecule has 0 N–H and O–H groups in total. The Morgan fingerprint density at radius 3 is 2.87 bits per heavy atom. The molecule has 6 heteroatoms. The maximum atomic E-state index is 5.44. The second kappa shape index (κ2) is 7.00. The van der Waals surface area contributed by atoms with Crippen LogP contribution in [0.5, 0.6) is 0 Å². The lowest BCUT2D eigenvalue weighted by Gasteiger charge is -2.05. The van der Waals surface area contributed by atoms with E-state index in [9.17, 15) is 0 Å². The number of aromatic nitrogens is 4. The molecule has 2 heterocycles. The number of rotatable bonds is 6. The van der Waals surface area contributed by atoms with Crippen molar-refractivity contribution >= 4 is 11.8 Å². The van der Waals surface area contributed by atoms with Crippen molar-refractivity contribution in [2.75, 3.05) is 5.75 Å². The first-order chi connectivity index (χ1) is 11.1. The number of hydrogen-bond donors (Lipinski definition) is 0. The Morgan fingerprint density at radius 2 is 2.13 bits per heavy atom. The Labute approximate surface area is 140 Å². The van der Waals surface area contributed by atoms with Crippen molar-refractivity contribution in [1.29, 1.82) is 0 Å². The first-order valence-corrected chi connectivity index (χ1v) is 8.67. The summed E-state index contributed by atoms with van der Waals surface area (Å²) in [7, 11) is 1.94. The summed E-state index contributed by atoms with van der Waals surface area (Å²) in [6, 6.07) is 8.07. The first-order valence-electron chi connectivity index (χ1n) is 7.62. The molecule has 1 aromatic carbocycles. The Bertz CT molecular complexity index is 780. The van der Waals surface area contributed by atoms with Gasteiger partial charge in [-0.05, 0) is 37.1 Å². The number of nitrogens with zero attached hydrogens (tertiary/aromatic N) is 4. The zero-order valence-electron chi connectivity index (χ0n) is 13.6. The van der Waals surface area contributed by atoms with Crippen molar-refractivity contribution in [3.8, 4) is 11.4 Å². The van der Waals surface area contributed by atoms with Gasteiger partial charge < -0.3 is 4.52 Å².